The normalized spacial score (nSPS) is 11.8. The highest BCUT2D eigenvalue weighted by atomic mass is 16.5. The van der Waals surface area contributed by atoms with Gasteiger partial charge >= 0.3 is 0 Å². The maximum Gasteiger partial charge on any atom is 0.241 e. The first-order valence-corrected chi connectivity index (χ1v) is 5.90. The van der Waals surface area contributed by atoms with E-state index in [2.05, 4.69) is 5.32 Å². The molecule has 1 atom stereocenters. The van der Waals surface area contributed by atoms with E-state index in [1.165, 1.54) is 0 Å². The van der Waals surface area contributed by atoms with Crippen molar-refractivity contribution in [2.75, 3.05) is 19.5 Å². The summed E-state index contributed by atoms with van der Waals surface area (Å²) in [7, 11) is 3.11. The Morgan fingerprint density at radius 3 is 2.56 bits per heavy atom. The van der Waals surface area contributed by atoms with Gasteiger partial charge in [0.2, 0.25) is 5.91 Å². The van der Waals surface area contributed by atoms with E-state index >= 15 is 0 Å². The largest absolute Gasteiger partial charge is 0.493 e. The molecule has 1 rings (SSSR count). The smallest absolute Gasteiger partial charge is 0.241 e. The number of methoxy groups -OCH3 is 2. The average molecular weight is 252 g/mol. The minimum absolute atomic E-state index is 0.191. The van der Waals surface area contributed by atoms with Gasteiger partial charge in [-0.1, -0.05) is 13.3 Å². The summed E-state index contributed by atoms with van der Waals surface area (Å²) in [4.78, 5) is 11.7. The predicted octanol–water partition coefficient (Wildman–Crippen LogP) is 1.77. The monoisotopic (exact) mass is 252 g/mol. The average Bonchev–Trinajstić information content (AvgIpc) is 2.38. The standard InChI is InChI=1S/C13H20N2O3/c1-4-5-10(14)13(16)15-9-6-7-11(17-2)12(8-9)18-3/h6-8,10H,4-5,14H2,1-3H3,(H,15,16)/t10-/m1/s1. The molecule has 1 amide bonds. The number of carbonyl (C=O) groups excluding carboxylic acids is 1. The van der Waals surface area contributed by atoms with Crippen molar-refractivity contribution < 1.29 is 14.3 Å². The summed E-state index contributed by atoms with van der Waals surface area (Å²) in [5, 5.41) is 2.75. The minimum Gasteiger partial charge on any atom is -0.493 e. The van der Waals surface area contributed by atoms with Crippen LogP contribution in [0.3, 0.4) is 0 Å². The molecule has 5 nitrogen and oxygen atoms in total. The molecule has 0 radical (unpaired) electrons. The quantitative estimate of drug-likeness (QED) is 0.809. The van der Waals surface area contributed by atoms with E-state index in [-0.39, 0.29) is 5.91 Å². The van der Waals surface area contributed by atoms with Crippen LogP contribution in [0.2, 0.25) is 0 Å². The van der Waals surface area contributed by atoms with Crippen LogP contribution in [0.1, 0.15) is 19.8 Å². The molecule has 1 aromatic rings. The van der Waals surface area contributed by atoms with Gasteiger partial charge < -0.3 is 20.5 Å². The Balaban J connectivity index is 2.76. The highest BCUT2D eigenvalue weighted by Crippen LogP contribution is 2.29. The van der Waals surface area contributed by atoms with Gasteiger partial charge in [0.15, 0.2) is 11.5 Å². The molecule has 0 aliphatic heterocycles. The number of amides is 1. The van der Waals surface area contributed by atoms with Crippen LogP contribution in [0, 0.1) is 0 Å². The van der Waals surface area contributed by atoms with Crippen LogP contribution < -0.4 is 20.5 Å². The molecular formula is C13H20N2O3. The lowest BCUT2D eigenvalue weighted by Gasteiger charge is -2.13. The zero-order valence-electron chi connectivity index (χ0n) is 11.0. The van der Waals surface area contributed by atoms with Crippen LogP contribution in [0.25, 0.3) is 0 Å². The van der Waals surface area contributed by atoms with E-state index in [1.807, 2.05) is 6.92 Å². The van der Waals surface area contributed by atoms with E-state index in [0.717, 1.165) is 6.42 Å². The number of anilines is 1. The summed E-state index contributed by atoms with van der Waals surface area (Å²) < 4.78 is 10.3. The third-order valence-corrected chi connectivity index (χ3v) is 2.59. The molecule has 0 bridgehead atoms. The lowest BCUT2D eigenvalue weighted by molar-refractivity contribution is -0.117. The molecule has 0 aliphatic rings. The van der Waals surface area contributed by atoms with Gasteiger partial charge in [-0.3, -0.25) is 4.79 Å². The number of rotatable bonds is 6. The lowest BCUT2D eigenvalue weighted by atomic mass is 10.1. The third kappa shape index (κ3) is 3.63. The number of ether oxygens (including phenoxy) is 2. The highest BCUT2D eigenvalue weighted by molar-refractivity contribution is 5.94. The predicted molar refractivity (Wildman–Crippen MR) is 71.1 cm³/mol. The lowest BCUT2D eigenvalue weighted by Crippen LogP contribution is -2.35. The molecule has 0 fully saturated rings. The highest BCUT2D eigenvalue weighted by Gasteiger charge is 2.13. The van der Waals surface area contributed by atoms with Gasteiger partial charge in [-0.05, 0) is 18.6 Å². The summed E-state index contributed by atoms with van der Waals surface area (Å²) >= 11 is 0. The summed E-state index contributed by atoms with van der Waals surface area (Å²) in [6, 6.07) is 4.70. The molecule has 18 heavy (non-hydrogen) atoms. The van der Waals surface area contributed by atoms with Gasteiger partial charge in [-0.2, -0.15) is 0 Å². The van der Waals surface area contributed by atoms with E-state index in [0.29, 0.717) is 23.6 Å². The Hall–Kier alpha value is -1.75. The molecule has 5 heteroatoms. The first-order valence-electron chi connectivity index (χ1n) is 5.90. The summed E-state index contributed by atoms with van der Waals surface area (Å²) in [5.41, 5.74) is 6.38. The van der Waals surface area contributed by atoms with Crippen molar-refractivity contribution in [2.24, 2.45) is 5.73 Å². The van der Waals surface area contributed by atoms with Gasteiger partial charge in [0.1, 0.15) is 0 Å². The van der Waals surface area contributed by atoms with Gasteiger partial charge in [0, 0.05) is 11.8 Å². The van der Waals surface area contributed by atoms with Crippen molar-refractivity contribution in [1.29, 1.82) is 0 Å². The topological polar surface area (TPSA) is 73.6 Å². The zero-order chi connectivity index (χ0) is 13.5. The maximum atomic E-state index is 11.7. The molecule has 0 aromatic heterocycles. The van der Waals surface area contributed by atoms with Crippen molar-refractivity contribution in [3.05, 3.63) is 18.2 Å². The van der Waals surface area contributed by atoms with Gasteiger partial charge in [0.05, 0.1) is 20.3 Å². The number of nitrogens with one attached hydrogen (secondary N) is 1. The Labute approximate surface area is 107 Å². The van der Waals surface area contributed by atoms with E-state index in [1.54, 1.807) is 32.4 Å². The number of hydrogen-bond acceptors (Lipinski definition) is 4. The SMILES string of the molecule is CCC[C@@H](N)C(=O)Nc1ccc(OC)c(OC)c1. The first-order chi connectivity index (χ1) is 8.62. The van der Waals surface area contributed by atoms with E-state index in [9.17, 15) is 4.79 Å². The van der Waals surface area contributed by atoms with Crippen molar-refractivity contribution in [3.63, 3.8) is 0 Å². The second kappa shape index (κ2) is 6.86. The number of benzene rings is 1. The second-order valence-electron chi connectivity index (χ2n) is 3.95. The van der Waals surface area contributed by atoms with Crippen molar-refractivity contribution in [3.8, 4) is 11.5 Å². The third-order valence-electron chi connectivity index (χ3n) is 2.59. The second-order valence-corrected chi connectivity index (χ2v) is 3.95. The van der Waals surface area contributed by atoms with Crippen LogP contribution >= 0.6 is 0 Å². The van der Waals surface area contributed by atoms with Gasteiger partial charge in [0.25, 0.3) is 0 Å². The van der Waals surface area contributed by atoms with Crippen LogP contribution in [0.5, 0.6) is 11.5 Å². The summed E-state index contributed by atoms with van der Waals surface area (Å²) in [6.07, 6.45) is 1.54. The van der Waals surface area contributed by atoms with E-state index < -0.39 is 6.04 Å². The molecular weight excluding hydrogens is 232 g/mol. The maximum absolute atomic E-state index is 11.7. The molecule has 0 unspecified atom stereocenters. The molecule has 0 heterocycles. The fourth-order valence-electron chi connectivity index (χ4n) is 1.59. The molecule has 0 saturated heterocycles. The van der Waals surface area contributed by atoms with Gasteiger partial charge in [-0.25, -0.2) is 0 Å². The molecule has 1 aromatic carbocycles. The van der Waals surface area contributed by atoms with Crippen LogP contribution in [0.15, 0.2) is 18.2 Å². The summed E-state index contributed by atoms with van der Waals surface area (Å²) in [5.74, 6) is 0.997. The molecule has 3 N–H and O–H groups in total. The Kier molecular flexibility index (Phi) is 5.45. The Bertz CT molecular complexity index is 407. The fraction of sp³-hybridized carbons (Fsp3) is 0.462. The van der Waals surface area contributed by atoms with Gasteiger partial charge in [-0.15, -0.1) is 0 Å². The molecule has 100 valence electrons. The zero-order valence-corrected chi connectivity index (χ0v) is 11.0. The molecule has 0 spiro atoms. The molecule has 0 aliphatic carbocycles. The Morgan fingerprint density at radius 1 is 1.33 bits per heavy atom. The Morgan fingerprint density at radius 2 is 2.00 bits per heavy atom. The van der Waals surface area contributed by atoms with Crippen molar-refractivity contribution in [2.45, 2.75) is 25.8 Å². The number of nitrogens with two attached hydrogens (primary N) is 1. The first kappa shape index (κ1) is 14.3. The summed E-state index contributed by atoms with van der Waals surface area (Å²) in [6.45, 7) is 1.99. The van der Waals surface area contributed by atoms with Crippen LogP contribution in [-0.2, 0) is 4.79 Å². The number of carbonyl (C=O) groups is 1. The van der Waals surface area contributed by atoms with Crippen LogP contribution in [-0.4, -0.2) is 26.2 Å². The van der Waals surface area contributed by atoms with Crippen molar-refractivity contribution in [1.82, 2.24) is 0 Å². The van der Waals surface area contributed by atoms with E-state index in [4.69, 9.17) is 15.2 Å². The van der Waals surface area contributed by atoms with Crippen molar-refractivity contribution >= 4 is 11.6 Å². The minimum atomic E-state index is -0.483. The van der Waals surface area contributed by atoms with Crippen LogP contribution in [0.4, 0.5) is 5.69 Å². The fourth-order valence-corrected chi connectivity index (χ4v) is 1.59. The molecule has 0 saturated carbocycles. The number of hydrogen-bond donors (Lipinski definition) is 2.